The van der Waals surface area contributed by atoms with Crippen molar-refractivity contribution < 1.29 is 14.3 Å². The molecule has 27 heavy (non-hydrogen) atoms. The Morgan fingerprint density at radius 2 is 2.15 bits per heavy atom. The van der Waals surface area contributed by atoms with Gasteiger partial charge in [0.15, 0.2) is 5.88 Å². The summed E-state index contributed by atoms with van der Waals surface area (Å²) in [5.74, 6) is -0.522. The van der Waals surface area contributed by atoms with Crippen molar-refractivity contribution in [1.82, 2.24) is 10.3 Å². The van der Waals surface area contributed by atoms with Crippen LogP contribution in [0.25, 0.3) is 10.9 Å². The van der Waals surface area contributed by atoms with Crippen LogP contribution in [0.5, 0.6) is 5.88 Å². The van der Waals surface area contributed by atoms with E-state index in [0.29, 0.717) is 30.0 Å². The van der Waals surface area contributed by atoms with Gasteiger partial charge in [0.25, 0.3) is 0 Å². The summed E-state index contributed by atoms with van der Waals surface area (Å²) in [4.78, 5) is 20.4. The Morgan fingerprint density at radius 1 is 1.30 bits per heavy atom. The van der Waals surface area contributed by atoms with Crippen molar-refractivity contribution in [2.45, 2.75) is 6.92 Å². The average Bonchev–Trinajstić information content (AvgIpc) is 2.96. The predicted octanol–water partition coefficient (Wildman–Crippen LogP) is 3.01. The van der Waals surface area contributed by atoms with Crippen molar-refractivity contribution in [3.8, 4) is 5.88 Å². The van der Waals surface area contributed by atoms with Gasteiger partial charge < -0.3 is 20.3 Å². The van der Waals surface area contributed by atoms with Gasteiger partial charge in [-0.25, -0.2) is 4.39 Å². The number of nitrogens with zero attached hydrogens (tertiary/aromatic N) is 2. The molecule has 0 radical (unpaired) electrons. The number of aromatic nitrogens is 1. The van der Waals surface area contributed by atoms with Crippen molar-refractivity contribution >= 4 is 34.4 Å². The normalized spacial score (nSPS) is 14.9. The molecule has 1 amide bonds. The number of halogens is 1. The third-order valence-corrected chi connectivity index (χ3v) is 4.70. The first kappa shape index (κ1) is 17.1. The van der Waals surface area contributed by atoms with E-state index in [4.69, 9.17) is 0 Å². The smallest absolute Gasteiger partial charge is 0.239 e. The number of H-pyrrole nitrogens is 1. The standard InChI is InChI=1S/C20H19FN4O2/c1-12-3-2-4-16-19(12)14(20(27)24-16)10-23-13-5-6-17(15(21)9-13)25-8-7-22-18(26)11-25/h2-6,9-10,24,27H,7-8,11H2,1H3,(H,22,26). The molecule has 0 atom stereocenters. The molecule has 0 saturated carbocycles. The largest absolute Gasteiger partial charge is 0.494 e. The minimum absolute atomic E-state index is 0.0273. The number of carbonyl (C=O) groups excluding carboxylic acids is 1. The molecule has 1 aliphatic heterocycles. The second kappa shape index (κ2) is 6.75. The first-order valence-corrected chi connectivity index (χ1v) is 8.68. The van der Waals surface area contributed by atoms with Crippen LogP contribution in [-0.2, 0) is 4.79 Å². The summed E-state index contributed by atoms with van der Waals surface area (Å²) in [5.41, 5.74) is 3.21. The number of aromatic hydroxyl groups is 1. The summed E-state index contributed by atoms with van der Waals surface area (Å²) in [6.45, 7) is 3.16. The molecule has 0 spiro atoms. The third-order valence-electron chi connectivity index (χ3n) is 4.70. The number of piperazine rings is 1. The maximum absolute atomic E-state index is 14.5. The lowest BCUT2D eigenvalue weighted by molar-refractivity contribution is -0.120. The zero-order valence-corrected chi connectivity index (χ0v) is 14.8. The lowest BCUT2D eigenvalue weighted by atomic mass is 10.1. The number of carbonyl (C=O) groups is 1. The number of aryl methyl sites for hydroxylation is 1. The van der Waals surface area contributed by atoms with Crippen LogP contribution in [0, 0.1) is 12.7 Å². The first-order chi connectivity index (χ1) is 13.0. The van der Waals surface area contributed by atoms with Crippen LogP contribution in [0.2, 0.25) is 0 Å². The number of aromatic amines is 1. The first-order valence-electron chi connectivity index (χ1n) is 8.68. The molecule has 1 saturated heterocycles. The topological polar surface area (TPSA) is 80.7 Å². The van der Waals surface area contributed by atoms with E-state index in [1.807, 2.05) is 25.1 Å². The van der Waals surface area contributed by atoms with Crippen LogP contribution < -0.4 is 10.2 Å². The van der Waals surface area contributed by atoms with E-state index in [0.717, 1.165) is 16.5 Å². The molecule has 1 aromatic heterocycles. The Bertz CT molecular complexity index is 1060. The van der Waals surface area contributed by atoms with Gasteiger partial charge in [-0.3, -0.25) is 9.79 Å². The Balaban J connectivity index is 1.63. The predicted molar refractivity (Wildman–Crippen MR) is 104 cm³/mol. The maximum atomic E-state index is 14.5. The van der Waals surface area contributed by atoms with Crippen LogP contribution in [-0.4, -0.2) is 41.8 Å². The molecule has 3 aromatic rings. The lowest BCUT2D eigenvalue weighted by Crippen LogP contribution is -2.48. The van der Waals surface area contributed by atoms with E-state index in [-0.39, 0.29) is 18.3 Å². The highest BCUT2D eigenvalue weighted by atomic mass is 19.1. The minimum Gasteiger partial charge on any atom is -0.494 e. The zero-order chi connectivity index (χ0) is 19.0. The number of benzene rings is 2. The minimum atomic E-state index is -0.432. The molecule has 0 bridgehead atoms. The Labute approximate surface area is 155 Å². The van der Waals surface area contributed by atoms with E-state index in [1.165, 1.54) is 12.3 Å². The fourth-order valence-electron chi connectivity index (χ4n) is 3.38. The molecular weight excluding hydrogens is 347 g/mol. The van der Waals surface area contributed by atoms with E-state index in [1.54, 1.807) is 17.0 Å². The number of nitrogens with one attached hydrogen (secondary N) is 2. The van der Waals surface area contributed by atoms with Crippen LogP contribution in [0.1, 0.15) is 11.1 Å². The molecule has 2 heterocycles. The van der Waals surface area contributed by atoms with Gasteiger partial charge in [-0.05, 0) is 30.7 Å². The number of anilines is 1. The van der Waals surface area contributed by atoms with E-state index in [9.17, 15) is 14.3 Å². The van der Waals surface area contributed by atoms with E-state index < -0.39 is 5.82 Å². The number of aliphatic imine (C=N–C) groups is 1. The highest BCUT2D eigenvalue weighted by molar-refractivity contribution is 6.04. The molecule has 138 valence electrons. The highest BCUT2D eigenvalue weighted by Crippen LogP contribution is 2.29. The van der Waals surface area contributed by atoms with Crippen LogP contribution in [0.15, 0.2) is 41.4 Å². The average molecular weight is 366 g/mol. The second-order valence-corrected chi connectivity index (χ2v) is 6.55. The van der Waals surface area contributed by atoms with Crippen molar-refractivity contribution in [3.63, 3.8) is 0 Å². The fraction of sp³-hybridized carbons (Fsp3) is 0.200. The molecular formula is C20H19FN4O2. The van der Waals surface area contributed by atoms with Gasteiger partial charge in [0.2, 0.25) is 5.91 Å². The number of fused-ring (bicyclic) bond motifs is 1. The molecule has 4 rings (SSSR count). The van der Waals surface area contributed by atoms with Crippen molar-refractivity contribution in [3.05, 3.63) is 53.3 Å². The summed E-state index contributed by atoms with van der Waals surface area (Å²) in [6.07, 6.45) is 1.53. The number of hydrogen-bond acceptors (Lipinski definition) is 4. The molecule has 6 nitrogen and oxygen atoms in total. The second-order valence-electron chi connectivity index (χ2n) is 6.55. The monoisotopic (exact) mass is 366 g/mol. The number of hydrogen-bond donors (Lipinski definition) is 3. The van der Waals surface area contributed by atoms with Gasteiger partial charge in [0.1, 0.15) is 5.82 Å². The van der Waals surface area contributed by atoms with Gasteiger partial charge in [-0.2, -0.15) is 0 Å². The zero-order valence-electron chi connectivity index (χ0n) is 14.8. The highest BCUT2D eigenvalue weighted by Gasteiger charge is 2.19. The van der Waals surface area contributed by atoms with Crippen molar-refractivity contribution in [2.24, 2.45) is 4.99 Å². The number of rotatable bonds is 3. The Hall–Kier alpha value is -3.35. The van der Waals surface area contributed by atoms with E-state index in [2.05, 4.69) is 15.3 Å². The van der Waals surface area contributed by atoms with Gasteiger partial charge in [-0.1, -0.05) is 12.1 Å². The van der Waals surface area contributed by atoms with Crippen molar-refractivity contribution in [1.29, 1.82) is 0 Å². The molecule has 1 aliphatic rings. The molecule has 3 N–H and O–H groups in total. The van der Waals surface area contributed by atoms with Crippen LogP contribution in [0.4, 0.5) is 15.8 Å². The van der Waals surface area contributed by atoms with Crippen molar-refractivity contribution in [2.75, 3.05) is 24.5 Å². The lowest BCUT2D eigenvalue weighted by Gasteiger charge is -2.28. The summed E-state index contributed by atoms with van der Waals surface area (Å²) in [5, 5.41) is 13.8. The molecule has 2 aromatic carbocycles. The quantitative estimate of drug-likeness (QED) is 0.624. The molecule has 0 unspecified atom stereocenters. The Morgan fingerprint density at radius 3 is 2.93 bits per heavy atom. The van der Waals surface area contributed by atoms with Gasteiger partial charge in [0, 0.05) is 36.3 Å². The summed E-state index contributed by atoms with van der Waals surface area (Å²) >= 11 is 0. The molecule has 1 fully saturated rings. The van der Waals surface area contributed by atoms with Gasteiger partial charge in [0.05, 0.1) is 23.5 Å². The SMILES string of the molecule is Cc1cccc2[nH]c(O)c(C=Nc3ccc(N4CCNC(=O)C4)c(F)c3)c12. The summed E-state index contributed by atoms with van der Waals surface area (Å²) in [6, 6.07) is 10.4. The summed E-state index contributed by atoms with van der Waals surface area (Å²) < 4.78 is 14.5. The van der Waals surface area contributed by atoms with Crippen LogP contribution in [0.3, 0.4) is 0 Å². The van der Waals surface area contributed by atoms with Gasteiger partial charge in [-0.15, -0.1) is 0 Å². The third kappa shape index (κ3) is 3.23. The molecule has 7 heteroatoms. The van der Waals surface area contributed by atoms with Gasteiger partial charge >= 0.3 is 0 Å². The Kier molecular flexibility index (Phi) is 4.27. The maximum Gasteiger partial charge on any atom is 0.239 e. The van der Waals surface area contributed by atoms with Crippen LogP contribution >= 0.6 is 0 Å². The molecule has 0 aliphatic carbocycles. The van der Waals surface area contributed by atoms with E-state index >= 15 is 0 Å². The number of amides is 1. The summed E-state index contributed by atoms with van der Waals surface area (Å²) in [7, 11) is 0. The fourth-order valence-corrected chi connectivity index (χ4v) is 3.38.